The molecule has 1 fully saturated rings. The summed E-state index contributed by atoms with van der Waals surface area (Å²) in [6, 6.07) is 0. The Balaban J connectivity index is 0.000000250. The van der Waals surface area contributed by atoms with Crippen molar-refractivity contribution in [1.29, 1.82) is 0 Å². The van der Waals surface area contributed by atoms with Gasteiger partial charge in [0.05, 0.1) is 12.2 Å². The topological polar surface area (TPSA) is 77.0 Å². The average molecular weight is 92.1 g/mol. The fourth-order valence-corrected chi connectivity index (χ4v) is 0.169. The fourth-order valence-electron chi connectivity index (χ4n) is 0.169. The summed E-state index contributed by atoms with van der Waals surface area (Å²) in [7, 11) is 0. The molecule has 0 aromatic carbocycles. The molecular weight excluding hydrogens is 82.0 g/mol. The second-order valence-electron chi connectivity index (χ2n) is 1.37. The minimum atomic E-state index is -0.394. The van der Waals surface area contributed by atoms with Gasteiger partial charge in [0.15, 0.2) is 0 Å². The van der Waals surface area contributed by atoms with Gasteiger partial charge in [-0.2, -0.15) is 0 Å². The van der Waals surface area contributed by atoms with Crippen molar-refractivity contribution in [2.75, 3.05) is 0 Å². The van der Waals surface area contributed by atoms with Gasteiger partial charge in [0.2, 0.25) is 0 Å². The first-order chi connectivity index (χ1) is 2.30. The van der Waals surface area contributed by atoms with E-state index in [-0.39, 0.29) is 6.15 Å². The number of hydrogen-bond donors (Lipinski definition) is 3. The van der Waals surface area contributed by atoms with Crippen molar-refractivity contribution in [2.24, 2.45) is 0 Å². The summed E-state index contributed by atoms with van der Waals surface area (Å²) in [6.07, 6.45) is -0.204. The van der Waals surface area contributed by atoms with Gasteiger partial charge >= 0.3 is 0 Å². The minimum Gasteiger partial charge on any atom is -0.390 e. The van der Waals surface area contributed by atoms with Crippen molar-refractivity contribution in [2.45, 2.75) is 18.6 Å². The lowest BCUT2D eigenvalue weighted by Crippen LogP contribution is -1.85. The quantitative estimate of drug-likeness (QED) is 0.376. The molecule has 2 unspecified atom stereocenters. The van der Waals surface area contributed by atoms with Gasteiger partial charge in [0.1, 0.15) is 0 Å². The average Bonchev–Trinajstić information content (AvgIpc) is 1.79. The van der Waals surface area contributed by atoms with E-state index in [1.54, 1.807) is 0 Å². The zero-order valence-corrected chi connectivity index (χ0v) is 3.76. The van der Waals surface area contributed by atoms with Crippen molar-refractivity contribution in [3.8, 4) is 0 Å². The molecule has 1 rings (SSSR count). The normalized spacial score (nSPS) is 41.0. The monoisotopic (exact) mass is 92.1 g/mol. The van der Waals surface area contributed by atoms with Gasteiger partial charge in [-0.1, -0.05) is 0 Å². The molecule has 1 aliphatic carbocycles. The molecule has 0 heterocycles. The molecule has 1 saturated carbocycles. The molecule has 3 nitrogen and oxygen atoms in total. The summed E-state index contributed by atoms with van der Waals surface area (Å²) < 4.78 is 0. The van der Waals surface area contributed by atoms with Crippen LogP contribution in [0.3, 0.4) is 0 Å². The molecule has 1 aliphatic rings. The summed E-state index contributed by atoms with van der Waals surface area (Å²) in [5, 5.41) is 16.4. The van der Waals surface area contributed by atoms with Crippen LogP contribution in [0.25, 0.3) is 0 Å². The van der Waals surface area contributed by atoms with Gasteiger partial charge in [-0.15, -0.1) is 0 Å². The molecule has 38 valence electrons. The second-order valence-corrected chi connectivity index (χ2v) is 1.37. The van der Waals surface area contributed by atoms with Crippen LogP contribution in [0.5, 0.6) is 0 Å². The number of aliphatic hydroxyl groups excluding tert-OH is 2. The number of quaternary nitrogens is 1. The molecule has 0 spiro atoms. The Kier molecular flexibility index (Phi) is 1.52. The summed E-state index contributed by atoms with van der Waals surface area (Å²) in [4.78, 5) is 0. The molecule has 0 radical (unpaired) electrons. The van der Waals surface area contributed by atoms with Gasteiger partial charge in [-0.25, -0.2) is 0 Å². The van der Waals surface area contributed by atoms with E-state index in [9.17, 15) is 0 Å². The van der Waals surface area contributed by atoms with E-state index in [4.69, 9.17) is 10.2 Å². The molecule has 0 aromatic heterocycles. The Hall–Kier alpha value is -0.120. The highest BCUT2D eigenvalue weighted by Gasteiger charge is 2.32. The van der Waals surface area contributed by atoms with Crippen molar-refractivity contribution in [3.05, 3.63) is 0 Å². The predicted molar refractivity (Wildman–Crippen MR) is 22.6 cm³/mol. The van der Waals surface area contributed by atoms with Gasteiger partial charge in [-0.05, 0) is 0 Å². The Labute approximate surface area is 36.2 Å². The highest BCUT2D eigenvalue weighted by Crippen LogP contribution is 2.18. The number of hydrogen-bond acceptors (Lipinski definition) is 2. The van der Waals surface area contributed by atoms with E-state index >= 15 is 0 Å². The molecule has 0 aromatic rings. The van der Waals surface area contributed by atoms with Crippen LogP contribution in [0.15, 0.2) is 0 Å². The summed E-state index contributed by atoms with van der Waals surface area (Å²) in [6.45, 7) is 0. The van der Waals surface area contributed by atoms with Gasteiger partial charge in [0, 0.05) is 6.42 Å². The van der Waals surface area contributed by atoms with E-state index in [0.29, 0.717) is 6.42 Å². The van der Waals surface area contributed by atoms with E-state index in [2.05, 4.69) is 0 Å². The standard InChI is InChI=1S/C3H6O2.H3N/c4-2-1-3(2)5;/h2-5H,1H2;1H3/p+1. The van der Waals surface area contributed by atoms with Crippen LogP contribution in [-0.4, -0.2) is 22.4 Å². The highest BCUT2D eigenvalue weighted by molar-refractivity contribution is 4.84. The molecule has 0 amide bonds. The maximum Gasteiger partial charge on any atom is 0.0825 e. The molecule has 0 saturated heterocycles. The third-order valence-electron chi connectivity index (χ3n) is 0.724. The second kappa shape index (κ2) is 1.55. The zero-order valence-electron chi connectivity index (χ0n) is 3.76. The Bertz CT molecular complexity index is 42.1. The summed E-state index contributed by atoms with van der Waals surface area (Å²) in [5.41, 5.74) is 0. The van der Waals surface area contributed by atoms with Crippen LogP contribution in [0.2, 0.25) is 0 Å². The van der Waals surface area contributed by atoms with Crippen molar-refractivity contribution < 1.29 is 10.2 Å². The molecule has 3 heteroatoms. The number of rotatable bonds is 0. The Morgan fingerprint density at radius 1 is 1.17 bits per heavy atom. The van der Waals surface area contributed by atoms with Crippen molar-refractivity contribution >= 4 is 0 Å². The molecule has 6 N–H and O–H groups in total. The Morgan fingerprint density at radius 3 is 1.33 bits per heavy atom. The van der Waals surface area contributed by atoms with Gasteiger partial charge < -0.3 is 16.4 Å². The summed E-state index contributed by atoms with van der Waals surface area (Å²) >= 11 is 0. The third-order valence-corrected chi connectivity index (χ3v) is 0.724. The first-order valence-electron chi connectivity index (χ1n) is 1.67. The first kappa shape index (κ1) is 5.88. The maximum absolute atomic E-state index is 8.19. The van der Waals surface area contributed by atoms with Gasteiger partial charge in [0.25, 0.3) is 0 Å². The van der Waals surface area contributed by atoms with E-state index in [1.165, 1.54) is 0 Å². The number of aliphatic hydroxyl groups is 2. The van der Waals surface area contributed by atoms with Crippen LogP contribution >= 0.6 is 0 Å². The lowest BCUT2D eigenvalue weighted by molar-refractivity contribution is 0.180. The fraction of sp³-hybridized carbons (Fsp3) is 1.00. The van der Waals surface area contributed by atoms with Crippen LogP contribution in [0.4, 0.5) is 0 Å². The molecule has 2 atom stereocenters. The first-order valence-corrected chi connectivity index (χ1v) is 1.67. The van der Waals surface area contributed by atoms with E-state index in [0.717, 1.165) is 0 Å². The van der Waals surface area contributed by atoms with E-state index in [1.807, 2.05) is 0 Å². The van der Waals surface area contributed by atoms with Gasteiger partial charge in [-0.3, -0.25) is 0 Å². The minimum absolute atomic E-state index is 0. The SMILES string of the molecule is OC1CC1O.[NH4+]. The largest absolute Gasteiger partial charge is 0.390 e. The lowest BCUT2D eigenvalue weighted by Gasteiger charge is -1.69. The molecule has 6 heavy (non-hydrogen) atoms. The third kappa shape index (κ3) is 0.931. The Morgan fingerprint density at radius 2 is 1.33 bits per heavy atom. The maximum atomic E-state index is 8.19. The molecular formula is C3H10NO2+. The molecule has 0 aliphatic heterocycles. The van der Waals surface area contributed by atoms with Crippen molar-refractivity contribution in [3.63, 3.8) is 0 Å². The lowest BCUT2D eigenvalue weighted by atomic mass is 10.8. The predicted octanol–water partition coefficient (Wildman–Crippen LogP) is -0.512. The molecule has 0 bridgehead atoms. The highest BCUT2D eigenvalue weighted by atomic mass is 16.3. The smallest absolute Gasteiger partial charge is 0.0825 e. The van der Waals surface area contributed by atoms with Crippen molar-refractivity contribution in [1.82, 2.24) is 6.15 Å². The zero-order chi connectivity index (χ0) is 3.86. The van der Waals surface area contributed by atoms with Crippen LogP contribution in [-0.2, 0) is 0 Å². The van der Waals surface area contributed by atoms with Crippen LogP contribution in [0, 0.1) is 0 Å². The van der Waals surface area contributed by atoms with Crippen LogP contribution in [0.1, 0.15) is 6.42 Å². The summed E-state index contributed by atoms with van der Waals surface area (Å²) in [5.74, 6) is 0. The van der Waals surface area contributed by atoms with E-state index < -0.39 is 12.2 Å². The van der Waals surface area contributed by atoms with Crippen LogP contribution < -0.4 is 6.15 Å².